The summed E-state index contributed by atoms with van der Waals surface area (Å²) >= 11 is 0. The second-order valence-corrected chi connectivity index (χ2v) is 16.1. The summed E-state index contributed by atoms with van der Waals surface area (Å²) in [6, 6.07) is 0. The Morgan fingerprint density at radius 2 is 1.12 bits per heavy atom. The number of quaternary nitrogens is 1. The molecule has 0 saturated carbocycles. The molecule has 2 unspecified atom stereocenters. The Bertz CT molecular complexity index is 843. The Morgan fingerprint density at radius 1 is 0.633 bits per heavy atom. The molecule has 0 rings (SSSR count). The van der Waals surface area contributed by atoms with Gasteiger partial charge in [0.25, 0.3) is 0 Å². The van der Waals surface area contributed by atoms with Crippen molar-refractivity contribution >= 4 is 13.8 Å². The number of phosphoric acid groups is 1. The molecule has 1 N–H and O–H groups in total. The lowest BCUT2D eigenvalue weighted by Gasteiger charge is -2.24. The van der Waals surface area contributed by atoms with Crippen molar-refractivity contribution < 1.29 is 37.3 Å². The van der Waals surface area contributed by atoms with E-state index in [-0.39, 0.29) is 25.8 Å². The SMILES string of the molecule is CCCCCCC/C=C\C/C=C\CCCCCCCCCCCC(=O)OC(COCCCCCCCC)COP(=O)(O)OCC[N+](C)(C)C. The van der Waals surface area contributed by atoms with Crippen molar-refractivity contribution in [3.8, 4) is 0 Å². The number of hydrogen-bond donors (Lipinski definition) is 1. The first-order valence-corrected chi connectivity index (χ1v) is 21.6. The van der Waals surface area contributed by atoms with E-state index in [1.807, 2.05) is 21.1 Å². The summed E-state index contributed by atoms with van der Waals surface area (Å²) in [4.78, 5) is 22.7. The average Bonchev–Trinajstić information content (AvgIpc) is 3.04. The van der Waals surface area contributed by atoms with Crippen LogP contribution >= 0.6 is 7.82 Å². The van der Waals surface area contributed by atoms with Crippen LogP contribution in [0.25, 0.3) is 0 Å². The number of ether oxygens (including phenoxy) is 2. The fourth-order valence-electron chi connectivity index (χ4n) is 5.35. The lowest BCUT2D eigenvalue weighted by atomic mass is 10.1. The number of nitrogens with zero attached hydrogens (tertiary/aromatic N) is 1. The summed E-state index contributed by atoms with van der Waals surface area (Å²) in [5, 5.41) is 0. The molecular weight excluding hydrogens is 637 g/mol. The number of carbonyl (C=O) groups is 1. The Hall–Kier alpha value is -1.02. The number of likely N-dealkylation sites (N-methyl/N-ethyl adjacent to an activating group) is 1. The quantitative estimate of drug-likeness (QED) is 0.0225. The van der Waals surface area contributed by atoms with Crippen LogP contribution in [0.3, 0.4) is 0 Å². The maximum atomic E-state index is 12.6. The molecule has 0 fully saturated rings. The van der Waals surface area contributed by atoms with Crippen molar-refractivity contribution in [3.05, 3.63) is 24.3 Å². The highest BCUT2D eigenvalue weighted by Crippen LogP contribution is 2.43. The van der Waals surface area contributed by atoms with Crippen LogP contribution in [0.15, 0.2) is 24.3 Å². The number of unbranched alkanes of at least 4 members (excludes halogenated alkanes) is 19. The molecule has 0 aliphatic heterocycles. The zero-order valence-electron chi connectivity index (χ0n) is 32.7. The standard InChI is InChI=1S/C40H78NO7P/c1-6-8-10-12-14-15-16-17-18-19-20-21-22-23-24-25-26-27-28-29-31-33-40(42)48-39(37-45-35-32-30-13-11-9-7-2)38-47-49(43,44)46-36-34-41(3,4)5/h16-17,19-20,39H,6-15,18,21-38H2,1-5H3/p+1/b17-16-,20-19-. The molecule has 0 aromatic rings. The van der Waals surface area contributed by atoms with E-state index in [1.165, 1.54) is 109 Å². The molecule has 49 heavy (non-hydrogen) atoms. The molecule has 0 aromatic carbocycles. The first kappa shape index (κ1) is 48.0. The molecule has 290 valence electrons. The molecule has 8 nitrogen and oxygen atoms in total. The van der Waals surface area contributed by atoms with Crippen LogP contribution in [0.2, 0.25) is 0 Å². The van der Waals surface area contributed by atoms with Gasteiger partial charge in [0.05, 0.1) is 34.4 Å². The molecular formula is C40H79NO7P+. The normalized spacial score (nSPS) is 14.2. The van der Waals surface area contributed by atoms with Gasteiger partial charge in [-0.2, -0.15) is 0 Å². The molecule has 0 aliphatic carbocycles. The monoisotopic (exact) mass is 717 g/mol. The van der Waals surface area contributed by atoms with Gasteiger partial charge in [-0.1, -0.05) is 141 Å². The second kappa shape index (κ2) is 34.1. The topological polar surface area (TPSA) is 91.3 Å². The smallest absolute Gasteiger partial charge is 0.457 e. The average molecular weight is 717 g/mol. The van der Waals surface area contributed by atoms with Crippen molar-refractivity contribution in [2.45, 2.75) is 174 Å². The minimum atomic E-state index is -4.26. The van der Waals surface area contributed by atoms with E-state index in [9.17, 15) is 14.3 Å². The van der Waals surface area contributed by atoms with Crippen LogP contribution in [0.5, 0.6) is 0 Å². The van der Waals surface area contributed by atoms with Gasteiger partial charge in [0, 0.05) is 13.0 Å². The van der Waals surface area contributed by atoms with Crippen LogP contribution in [0.1, 0.15) is 168 Å². The minimum absolute atomic E-state index is 0.0888. The van der Waals surface area contributed by atoms with E-state index in [1.54, 1.807) is 0 Å². The fourth-order valence-corrected chi connectivity index (χ4v) is 6.09. The van der Waals surface area contributed by atoms with Crippen LogP contribution < -0.4 is 0 Å². The van der Waals surface area contributed by atoms with Crippen molar-refractivity contribution in [1.82, 2.24) is 0 Å². The summed E-state index contributed by atoms with van der Waals surface area (Å²) in [5.41, 5.74) is 0. The highest BCUT2D eigenvalue weighted by Gasteiger charge is 2.26. The van der Waals surface area contributed by atoms with Crippen LogP contribution in [0.4, 0.5) is 0 Å². The number of phosphoric ester groups is 1. The predicted molar refractivity (Wildman–Crippen MR) is 206 cm³/mol. The van der Waals surface area contributed by atoms with E-state index in [4.69, 9.17) is 18.5 Å². The molecule has 0 saturated heterocycles. The van der Waals surface area contributed by atoms with Gasteiger partial charge < -0.3 is 18.9 Å². The van der Waals surface area contributed by atoms with E-state index in [0.29, 0.717) is 24.1 Å². The third-order valence-electron chi connectivity index (χ3n) is 8.52. The molecule has 0 spiro atoms. The van der Waals surface area contributed by atoms with Gasteiger partial charge >= 0.3 is 13.8 Å². The molecule has 0 amide bonds. The van der Waals surface area contributed by atoms with Crippen LogP contribution in [0, 0.1) is 0 Å². The number of hydrogen-bond acceptors (Lipinski definition) is 6. The summed E-state index contributed by atoms with van der Waals surface area (Å²) in [5.74, 6) is -0.321. The van der Waals surface area contributed by atoms with E-state index < -0.39 is 13.9 Å². The molecule has 0 bridgehead atoms. The number of rotatable bonds is 37. The fraction of sp³-hybridized carbons (Fsp3) is 0.875. The van der Waals surface area contributed by atoms with Gasteiger partial charge in [-0.05, 0) is 44.9 Å². The van der Waals surface area contributed by atoms with Crippen LogP contribution in [-0.2, 0) is 27.9 Å². The van der Waals surface area contributed by atoms with E-state index in [2.05, 4.69) is 38.2 Å². The third kappa shape index (κ3) is 38.1. The number of esters is 1. The zero-order chi connectivity index (χ0) is 36.3. The van der Waals surface area contributed by atoms with Gasteiger partial charge in [0.1, 0.15) is 19.3 Å². The highest BCUT2D eigenvalue weighted by atomic mass is 31.2. The summed E-state index contributed by atoms with van der Waals surface area (Å²) < 4.78 is 34.7. The molecule has 0 aromatic heterocycles. The summed E-state index contributed by atoms with van der Waals surface area (Å²) in [6.45, 7) is 5.56. The number of carbonyl (C=O) groups excluding carboxylic acids is 1. The summed E-state index contributed by atoms with van der Waals surface area (Å²) in [7, 11) is 1.66. The second-order valence-electron chi connectivity index (χ2n) is 14.7. The summed E-state index contributed by atoms with van der Waals surface area (Å²) in [6.07, 6.45) is 36.5. The Labute approximate surface area is 303 Å². The van der Waals surface area contributed by atoms with Crippen LogP contribution in [-0.4, -0.2) is 75.6 Å². The van der Waals surface area contributed by atoms with Gasteiger partial charge in [-0.3, -0.25) is 13.8 Å². The van der Waals surface area contributed by atoms with Crippen molar-refractivity contribution in [3.63, 3.8) is 0 Å². The first-order chi connectivity index (χ1) is 23.6. The maximum absolute atomic E-state index is 12.6. The van der Waals surface area contributed by atoms with Crippen molar-refractivity contribution in [2.24, 2.45) is 0 Å². The first-order valence-electron chi connectivity index (χ1n) is 20.1. The maximum Gasteiger partial charge on any atom is 0.472 e. The van der Waals surface area contributed by atoms with Gasteiger partial charge in [0.2, 0.25) is 0 Å². The third-order valence-corrected chi connectivity index (χ3v) is 9.50. The molecule has 0 radical (unpaired) electrons. The molecule has 9 heteroatoms. The van der Waals surface area contributed by atoms with Crippen molar-refractivity contribution in [1.29, 1.82) is 0 Å². The van der Waals surface area contributed by atoms with Gasteiger partial charge in [-0.25, -0.2) is 4.57 Å². The molecule has 0 heterocycles. The van der Waals surface area contributed by atoms with E-state index >= 15 is 0 Å². The Kier molecular flexibility index (Phi) is 33.4. The Balaban J connectivity index is 4.08. The minimum Gasteiger partial charge on any atom is -0.457 e. The van der Waals surface area contributed by atoms with Crippen molar-refractivity contribution in [2.75, 3.05) is 54.1 Å². The predicted octanol–water partition coefficient (Wildman–Crippen LogP) is 11.3. The Morgan fingerprint density at radius 3 is 1.65 bits per heavy atom. The lowest BCUT2D eigenvalue weighted by molar-refractivity contribution is -0.870. The molecule has 0 aliphatic rings. The lowest BCUT2D eigenvalue weighted by Crippen LogP contribution is -2.37. The van der Waals surface area contributed by atoms with Gasteiger partial charge in [-0.15, -0.1) is 0 Å². The highest BCUT2D eigenvalue weighted by molar-refractivity contribution is 7.47. The van der Waals surface area contributed by atoms with E-state index in [0.717, 1.165) is 38.5 Å². The van der Waals surface area contributed by atoms with Gasteiger partial charge in [0.15, 0.2) is 0 Å². The zero-order valence-corrected chi connectivity index (χ0v) is 33.6. The number of allylic oxidation sites excluding steroid dienone is 4. The largest absolute Gasteiger partial charge is 0.472 e. The molecule has 2 atom stereocenters.